The summed E-state index contributed by atoms with van der Waals surface area (Å²) >= 11 is 4.62. The molecule has 2 heterocycles. The summed E-state index contributed by atoms with van der Waals surface area (Å²) in [6.45, 7) is -0.274. The smallest absolute Gasteiger partial charge is 0.267 e. The zero-order valence-corrected chi connectivity index (χ0v) is 13.1. The number of nitrogens with one attached hydrogen (secondary N) is 1. The van der Waals surface area contributed by atoms with Crippen LogP contribution in [0, 0.1) is 0 Å². The molecule has 1 aromatic heterocycles. The molecule has 3 N–H and O–H groups in total. The highest BCUT2D eigenvalue weighted by atomic mass is 79.9. The Morgan fingerprint density at radius 1 is 1.29 bits per heavy atom. The van der Waals surface area contributed by atoms with Crippen molar-refractivity contribution in [1.29, 1.82) is 0 Å². The number of thiophene rings is 1. The number of carbonyl (C=O) groups excluding carboxylic acids is 3. The van der Waals surface area contributed by atoms with Crippen molar-refractivity contribution in [3.8, 4) is 0 Å². The van der Waals surface area contributed by atoms with Gasteiger partial charge in [-0.25, -0.2) is 0 Å². The van der Waals surface area contributed by atoms with Crippen molar-refractivity contribution in [2.24, 2.45) is 0 Å². The number of nitrogen functional groups attached to an aromatic ring is 1. The first kappa shape index (κ1) is 14.0. The average molecular weight is 368 g/mol. The fourth-order valence-electron chi connectivity index (χ4n) is 2.17. The molecule has 3 rings (SSSR count). The van der Waals surface area contributed by atoms with Gasteiger partial charge in [-0.3, -0.25) is 19.7 Å². The molecule has 0 saturated carbocycles. The van der Waals surface area contributed by atoms with Gasteiger partial charge in [0.05, 0.1) is 5.69 Å². The van der Waals surface area contributed by atoms with Crippen molar-refractivity contribution in [3.63, 3.8) is 0 Å². The number of imide groups is 1. The first-order valence-electron chi connectivity index (χ1n) is 6.05. The van der Waals surface area contributed by atoms with Gasteiger partial charge in [-0.2, -0.15) is 0 Å². The highest BCUT2D eigenvalue weighted by Crippen LogP contribution is 2.36. The molecule has 0 spiro atoms. The maximum atomic E-state index is 12.5. The summed E-state index contributed by atoms with van der Waals surface area (Å²) in [5.41, 5.74) is 6.42. The number of halogens is 1. The minimum absolute atomic E-state index is 0.137. The molecule has 1 aliphatic heterocycles. The molecule has 6 nitrogen and oxygen atoms in total. The van der Waals surface area contributed by atoms with Crippen LogP contribution in [0.2, 0.25) is 0 Å². The molecule has 1 saturated heterocycles. The van der Waals surface area contributed by atoms with Crippen molar-refractivity contribution < 1.29 is 14.4 Å². The third kappa shape index (κ3) is 2.52. The van der Waals surface area contributed by atoms with Gasteiger partial charge in [0, 0.05) is 14.6 Å². The number of carbonyl (C=O) groups is 3. The zero-order chi connectivity index (χ0) is 15.1. The molecule has 1 fully saturated rings. The summed E-state index contributed by atoms with van der Waals surface area (Å²) < 4.78 is 1.75. The van der Waals surface area contributed by atoms with E-state index < -0.39 is 17.7 Å². The summed E-state index contributed by atoms with van der Waals surface area (Å²) in [5.74, 6) is -1.36. The molecule has 1 aromatic carbocycles. The van der Waals surface area contributed by atoms with Crippen LogP contribution in [-0.2, 0) is 9.59 Å². The second-order valence-corrected chi connectivity index (χ2v) is 6.59. The van der Waals surface area contributed by atoms with Gasteiger partial charge >= 0.3 is 0 Å². The van der Waals surface area contributed by atoms with Crippen LogP contribution < -0.4 is 11.1 Å². The van der Waals surface area contributed by atoms with E-state index in [0.717, 1.165) is 14.6 Å². The number of hydrogen-bond acceptors (Lipinski definition) is 5. The van der Waals surface area contributed by atoms with Crippen LogP contribution in [0.3, 0.4) is 0 Å². The van der Waals surface area contributed by atoms with Crippen molar-refractivity contribution in [3.05, 3.63) is 27.5 Å². The first-order chi connectivity index (χ1) is 9.95. The van der Waals surface area contributed by atoms with E-state index in [-0.39, 0.29) is 13.1 Å². The summed E-state index contributed by atoms with van der Waals surface area (Å²) in [6, 6.07) is 5.57. The molecule has 21 heavy (non-hydrogen) atoms. The minimum Gasteiger partial charge on any atom is -0.397 e. The van der Waals surface area contributed by atoms with Crippen molar-refractivity contribution in [2.75, 3.05) is 18.8 Å². The van der Waals surface area contributed by atoms with Gasteiger partial charge < -0.3 is 10.6 Å². The zero-order valence-electron chi connectivity index (χ0n) is 10.7. The third-order valence-electron chi connectivity index (χ3n) is 3.12. The van der Waals surface area contributed by atoms with Crippen molar-refractivity contribution >= 4 is 60.8 Å². The minimum atomic E-state index is -0.484. The van der Waals surface area contributed by atoms with Crippen LogP contribution in [-0.4, -0.2) is 35.7 Å². The standard InChI is InChI=1S/C13H10BrN3O3S/c14-6-1-2-8-7(3-6)11(15)12(21-8)13(20)17-4-9(18)16-10(19)5-17/h1-3H,4-5,15H2,(H,16,18,19). The molecule has 2 aromatic rings. The molecule has 108 valence electrons. The summed E-state index contributed by atoms with van der Waals surface area (Å²) in [4.78, 5) is 36.8. The maximum absolute atomic E-state index is 12.5. The van der Waals surface area contributed by atoms with Gasteiger partial charge in [-0.05, 0) is 18.2 Å². The number of rotatable bonds is 1. The Morgan fingerprint density at radius 3 is 2.62 bits per heavy atom. The number of benzene rings is 1. The molecule has 0 radical (unpaired) electrons. The largest absolute Gasteiger partial charge is 0.397 e. The van der Waals surface area contributed by atoms with E-state index in [1.54, 1.807) is 0 Å². The van der Waals surface area contributed by atoms with E-state index in [0.29, 0.717) is 10.6 Å². The quantitative estimate of drug-likeness (QED) is 0.744. The highest BCUT2D eigenvalue weighted by molar-refractivity contribution is 9.10. The van der Waals surface area contributed by atoms with E-state index >= 15 is 0 Å². The number of piperazine rings is 1. The second kappa shape index (κ2) is 5.12. The molecular formula is C13H10BrN3O3S. The van der Waals surface area contributed by atoms with Crippen LogP contribution >= 0.6 is 27.3 Å². The van der Waals surface area contributed by atoms with E-state index in [2.05, 4.69) is 21.2 Å². The van der Waals surface area contributed by atoms with E-state index in [4.69, 9.17) is 5.73 Å². The Kier molecular flexibility index (Phi) is 3.42. The second-order valence-electron chi connectivity index (χ2n) is 4.62. The molecule has 0 unspecified atom stereocenters. The van der Waals surface area contributed by atoms with E-state index in [9.17, 15) is 14.4 Å². The van der Waals surface area contributed by atoms with Crippen LogP contribution in [0.25, 0.3) is 10.1 Å². The normalized spacial score (nSPS) is 15.4. The average Bonchev–Trinajstić information content (AvgIpc) is 2.74. The van der Waals surface area contributed by atoms with Gasteiger partial charge in [-0.15, -0.1) is 11.3 Å². The molecular weight excluding hydrogens is 358 g/mol. The van der Waals surface area contributed by atoms with E-state index in [1.807, 2.05) is 18.2 Å². The number of hydrogen-bond donors (Lipinski definition) is 2. The lowest BCUT2D eigenvalue weighted by Gasteiger charge is -2.25. The third-order valence-corrected chi connectivity index (χ3v) is 4.79. The molecule has 0 aliphatic carbocycles. The fraction of sp³-hybridized carbons (Fsp3) is 0.154. The Hall–Kier alpha value is -1.93. The molecule has 0 atom stereocenters. The monoisotopic (exact) mass is 367 g/mol. The SMILES string of the molecule is Nc1c(C(=O)N2CC(=O)NC(=O)C2)sc2ccc(Br)cc12. The van der Waals surface area contributed by atoms with Crippen molar-refractivity contribution in [1.82, 2.24) is 10.2 Å². The van der Waals surface area contributed by atoms with Gasteiger partial charge in [0.1, 0.15) is 18.0 Å². The maximum Gasteiger partial charge on any atom is 0.267 e. The summed E-state index contributed by atoms with van der Waals surface area (Å²) in [6.07, 6.45) is 0. The predicted molar refractivity (Wildman–Crippen MR) is 83.0 cm³/mol. The number of nitrogens with zero attached hydrogens (tertiary/aromatic N) is 1. The van der Waals surface area contributed by atoms with Crippen LogP contribution in [0.4, 0.5) is 5.69 Å². The Labute approximate surface area is 132 Å². The van der Waals surface area contributed by atoms with Crippen LogP contribution in [0.1, 0.15) is 9.67 Å². The number of anilines is 1. The lowest BCUT2D eigenvalue weighted by Crippen LogP contribution is -2.53. The Balaban J connectivity index is 2.00. The fourth-order valence-corrected chi connectivity index (χ4v) is 3.60. The number of fused-ring (bicyclic) bond motifs is 1. The van der Waals surface area contributed by atoms with Gasteiger partial charge in [0.2, 0.25) is 11.8 Å². The van der Waals surface area contributed by atoms with Crippen molar-refractivity contribution in [2.45, 2.75) is 0 Å². The number of nitrogens with two attached hydrogens (primary N) is 1. The number of amides is 3. The Morgan fingerprint density at radius 2 is 1.95 bits per heavy atom. The van der Waals surface area contributed by atoms with Gasteiger partial charge in [0.15, 0.2) is 0 Å². The highest BCUT2D eigenvalue weighted by Gasteiger charge is 2.29. The lowest BCUT2D eigenvalue weighted by molar-refractivity contribution is -0.135. The first-order valence-corrected chi connectivity index (χ1v) is 7.66. The predicted octanol–water partition coefficient (Wildman–Crippen LogP) is 1.34. The van der Waals surface area contributed by atoms with Crippen LogP contribution in [0.5, 0.6) is 0 Å². The van der Waals surface area contributed by atoms with Gasteiger partial charge in [0.25, 0.3) is 5.91 Å². The van der Waals surface area contributed by atoms with Crippen LogP contribution in [0.15, 0.2) is 22.7 Å². The lowest BCUT2D eigenvalue weighted by atomic mass is 10.2. The summed E-state index contributed by atoms with van der Waals surface area (Å²) in [5, 5.41) is 2.94. The molecule has 8 heteroatoms. The topological polar surface area (TPSA) is 92.5 Å². The molecule has 0 bridgehead atoms. The Bertz CT molecular complexity index is 770. The molecule has 3 amide bonds. The van der Waals surface area contributed by atoms with Gasteiger partial charge in [-0.1, -0.05) is 15.9 Å². The van der Waals surface area contributed by atoms with E-state index in [1.165, 1.54) is 16.2 Å². The summed E-state index contributed by atoms with van der Waals surface area (Å²) in [7, 11) is 0. The molecule has 1 aliphatic rings.